The Hall–Kier alpha value is -2.36. The Morgan fingerprint density at radius 1 is 0.875 bits per heavy atom. The second-order valence-electron chi connectivity index (χ2n) is 5.89. The maximum Gasteiger partial charge on any atom is 0.120 e. The zero-order valence-corrected chi connectivity index (χ0v) is 13.8. The highest BCUT2D eigenvalue weighted by Gasteiger charge is 2.26. The molecule has 3 nitrogen and oxygen atoms in total. The Kier molecular flexibility index (Phi) is 5.47. The van der Waals surface area contributed by atoms with Crippen molar-refractivity contribution in [1.29, 1.82) is 0 Å². The molecule has 2 aromatic carbocycles. The van der Waals surface area contributed by atoms with Gasteiger partial charge in [0.2, 0.25) is 0 Å². The van der Waals surface area contributed by atoms with Gasteiger partial charge in [-0.25, -0.2) is 0 Å². The monoisotopic (exact) mass is 321 g/mol. The predicted octanol–water partition coefficient (Wildman–Crippen LogP) is 4.80. The first-order chi connectivity index (χ1) is 11.8. The highest BCUT2D eigenvalue weighted by atomic mass is 16.3. The SMILES string of the molecule is CC[C@H](N[C@@H](c1ccccc1)[C@H](O)c1ccccc1)c1ccco1. The molecule has 3 atom stereocenters. The molecule has 0 amide bonds. The van der Waals surface area contributed by atoms with Crippen LogP contribution in [0, 0.1) is 0 Å². The van der Waals surface area contributed by atoms with Gasteiger partial charge in [-0.1, -0.05) is 67.6 Å². The van der Waals surface area contributed by atoms with Crippen LogP contribution in [-0.4, -0.2) is 5.11 Å². The minimum absolute atomic E-state index is 0.0450. The number of rotatable bonds is 7. The van der Waals surface area contributed by atoms with Crippen molar-refractivity contribution in [3.8, 4) is 0 Å². The standard InChI is InChI=1S/C21H23NO2/c1-2-18(19-14-9-15-24-19)22-20(16-10-5-3-6-11-16)21(23)17-12-7-4-8-13-17/h3-15,18,20-23H,2H2,1H3/t18-,20-,21+/m0/s1. The van der Waals surface area contributed by atoms with E-state index in [1.165, 1.54) is 0 Å². The number of nitrogens with one attached hydrogen (secondary N) is 1. The third-order valence-electron chi connectivity index (χ3n) is 4.29. The first-order valence-electron chi connectivity index (χ1n) is 8.37. The quantitative estimate of drug-likeness (QED) is 0.657. The van der Waals surface area contributed by atoms with Crippen LogP contribution in [0.5, 0.6) is 0 Å². The molecule has 0 aliphatic rings. The molecule has 0 aliphatic heterocycles. The van der Waals surface area contributed by atoms with Crippen LogP contribution < -0.4 is 5.32 Å². The van der Waals surface area contributed by atoms with E-state index in [0.29, 0.717) is 0 Å². The Balaban J connectivity index is 1.90. The summed E-state index contributed by atoms with van der Waals surface area (Å²) in [7, 11) is 0. The molecule has 124 valence electrons. The molecule has 1 heterocycles. The minimum Gasteiger partial charge on any atom is -0.468 e. The maximum absolute atomic E-state index is 11.0. The summed E-state index contributed by atoms with van der Waals surface area (Å²) in [5.74, 6) is 0.888. The van der Waals surface area contributed by atoms with Gasteiger partial charge in [0.05, 0.1) is 24.5 Å². The number of hydrogen-bond acceptors (Lipinski definition) is 3. The number of hydrogen-bond donors (Lipinski definition) is 2. The zero-order valence-electron chi connectivity index (χ0n) is 13.8. The van der Waals surface area contributed by atoms with E-state index in [0.717, 1.165) is 23.3 Å². The van der Waals surface area contributed by atoms with Crippen LogP contribution in [0.4, 0.5) is 0 Å². The number of benzene rings is 2. The lowest BCUT2D eigenvalue weighted by atomic mass is 9.94. The Morgan fingerprint density at radius 2 is 1.50 bits per heavy atom. The summed E-state index contributed by atoms with van der Waals surface area (Å²) in [5.41, 5.74) is 1.95. The second kappa shape index (κ2) is 7.95. The van der Waals surface area contributed by atoms with Gasteiger partial charge in [-0.05, 0) is 29.7 Å². The molecule has 3 rings (SSSR count). The van der Waals surface area contributed by atoms with Crippen LogP contribution in [0.15, 0.2) is 83.5 Å². The molecule has 0 aliphatic carbocycles. The summed E-state index contributed by atoms with van der Waals surface area (Å²) in [6.45, 7) is 2.11. The summed E-state index contributed by atoms with van der Waals surface area (Å²) >= 11 is 0. The fraction of sp³-hybridized carbons (Fsp3) is 0.238. The van der Waals surface area contributed by atoms with Crippen molar-refractivity contribution in [1.82, 2.24) is 5.32 Å². The molecule has 0 unspecified atom stereocenters. The third-order valence-corrected chi connectivity index (χ3v) is 4.29. The number of aliphatic hydroxyl groups is 1. The first kappa shape index (κ1) is 16.5. The van der Waals surface area contributed by atoms with Crippen LogP contribution in [0.25, 0.3) is 0 Å². The van der Waals surface area contributed by atoms with Crippen molar-refractivity contribution in [2.45, 2.75) is 31.5 Å². The molecule has 3 heteroatoms. The van der Waals surface area contributed by atoms with Gasteiger partial charge in [-0.15, -0.1) is 0 Å². The third kappa shape index (κ3) is 3.75. The van der Waals surface area contributed by atoms with Crippen LogP contribution in [0.1, 0.15) is 48.4 Å². The van der Waals surface area contributed by atoms with Crippen molar-refractivity contribution < 1.29 is 9.52 Å². The van der Waals surface area contributed by atoms with Gasteiger partial charge in [0.15, 0.2) is 0 Å². The lowest BCUT2D eigenvalue weighted by Crippen LogP contribution is -2.30. The van der Waals surface area contributed by atoms with Crippen molar-refractivity contribution in [3.63, 3.8) is 0 Å². The average Bonchev–Trinajstić information content (AvgIpc) is 3.18. The van der Waals surface area contributed by atoms with Gasteiger partial charge in [0.1, 0.15) is 5.76 Å². The Bertz CT molecular complexity index is 710. The van der Waals surface area contributed by atoms with Crippen LogP contribution in [-0.2, 0) is 0 Å². The van der Waals surface area contributed by atoms with E-state index in [-0.39, 0.29) is 12.1 Å². The summed E-state index contributed by atoms with van der Waals surface area (Å²) < 4.78 is 5.56. The van der Waals surface area contributed by atoms with Crippen LogP contribution >= 0.6 is 0 Å². The van der Waals surface area contributed by atoms with Gasteiger partial charge in [0.25, 0.3) is 0 Å². The maximum atomic E-state index is 11.0. The summed E-state index contributed by atoms with van der Waals surface area (Å²) in [5, 5.41) is 14.6. The van der Waals surface area contributed by atoms with Crippen molar-refractivity contribution in [2.75, 3.05) is 0 Å². The highest BCUT2D eigenvalue weighted by Crippen LogP contribution is 2.32. The summed E-state index contributed by atoms with van der Waals surface area (Å²) in [6, 6.07) is 23.5. The molecule has 0 saturated heterocycles. The molecule has 0 bridgehead atoms. The van der Waals surface area contributed by atoms with E-state index in [1.807, 2.05) is 72.8 Å². The first-order valence-corrected chi connectivity index (χ1v) is 8.37. The minimum atomic E-state index is -0.641. The van der Waals surface area contributed by atoms with Gasteiger partial charge >= 0.3 is 0 Å². The zero-order chi connectivity index (χ0) is 16.8. The molecule has 24 heavy (non-hydrogen) atoms. The summed E-state index contributed by atoms with van der Waals surface area (Å²) in [6.07, 6.45) is 1.92. The van der Waals surface area contributed by atoms with Gasteiger partial charge in [-0.3, -0.25) is 5.32 Å². The average molecular weight is 321 g/mol. The molecule has 2 N–H and O–H groups in total. The van der Waals surface area contributed by atoms with Crippen molar-refractivity contribution >= 4 is 0 Å². The highest BCUT2D eigenvalue weighted by molar-refractivity contribution is 5.26. The lowest BCUT2D eigenvalue weighted by Gasteiger charge is -2.29. The molecule has 0 spiro atoms. The normalized spacial score (nSPS) is 14.9. The van der Waals surface area contributed by atoms with Crippen molar-refractivity contribution in [3.05, 3.63) is 95.9 Å². The van der Waals surface area contributed by atoms with E-state index in [1.54, 1.807) is 6.26 Å². The largest absolute Gasteiger partial charge is 0.468 e. The van der Waals surface area contributed by atoms with Crippen LogP contribution in [0.3, 0.4) is 0 Å². The smallest absolute Gasteiger partial charge is 0.120 e. The van der Waals surface area contributed by atoms with E-state index in [4.69, 9.17) is 4.42 Å². The van der Waals surface area contributed by atoms with Gasteiger partial charge in [0, 0.05) is 0 Å². The van der Waals surface area contributed by atoms with E-state index >= 15 is 0 Å². The van der Waals surface area contributed by atoms with Gasteiger partial charge in [-0.2, -0.15) is 0 Å². The molecule has 3 aromatic rings. The predicted molar refractivity (Wildman–Crippen MR) is 95.5 cm³/mol. The van der Waals surface area contributed by atoms with Crippen molar-refractivity contribution in [2.24, 2.45) is 0 Å². The fourth-order valence-corrected chi connectivity index (χ4v) is 2.98. The molecular formula is C21H23NO2. The number of furan rings is 1. The van der Waals surface area contributed by atoms with E-state index < -0.39 is 6.10 Å². The fourth-order valence-electron chi connectivity index (χ4n) is 2.98. The van der Waals surface area contributed by atoms with Gasteiger partial charge < -0.3 is 9.52 Å². The molecule has 0 radical (unpaired) electrons. The number of aliphatic hydroxyl groups excluding tert-OH is 1. The Morgan fingerprint density at radius 3 is 2.04 bits per heavy atom. The lowest BCUT2D eigenvalue weighted by molar-refractivity contribution is 0.118. The summed E-state index contributed by atoms with van der Waals surface area (Å²) in [4.78, 5) is 0. The second-order valence-corrected chi connectivity index (χ2v) is 5.89. The van der Waals surface area contributed by atoms with Crippen LogP contribution in [0.2, 0.25) is 0 Å². The molecule has 1 aromatic heterocycles. The molecular weight excluding hydrogens is 298 g/mol. The molecule has 0 fully saturated rings. The topological polar surface area (TPSA) is 45.4 Å². The Labute approximate surface area is 143 Å². The van der Waals surface area contributed by atoms with E-state index in [9.17, 15) is 5.11 Å². The molecule has 0 saturated carbocycles. The van der Waals surface area contributed by atoms with E-state index in [2.05, 4.69) is 12.2 Å².